The fourth-order valence-corrected chi connectivity index (χ4v) is 0.958. The summed E-state index contributed by atoms with van der Waals surface area (Å²) < 4.78 is 0. The molecule has 0 aliphatic carbocycles. The Morgan fingerprint density at radius 2 is 2.30 bits per heavy atom. The van der Waals surface area contributed by atoms with Gasteiger partial charge in [-0.05, 0) is 6.92 Å². The third-order valence-corrected chi connectivity index (χ3v) is 1.38. The summed E-state index contributed by atoms with van der Waals surface area (Å²) >= 11 is 0. The van der Waals surface area contributed by atoms with Gasteiger partial charge in [0.05, 0.1) is 18.1 Å². The highest BCUT2D eigenvalue weighted by atomic mass is 15.2. The molecule has 2 heterocycles. The van der Waals surface area contributed by atoms with E-state index in [0.29, 0.717) is 0 Å². The van der Waals surface area contributed by atoms with E-state index in [4.69, 9.17) is 0 Å². The molecule has 0 saturated heterocycles. The maximum atomic E-state index is 4.18. The predicted octanol–water partition coefficient (Wildman–Crippen LogP) is 0.298. The lowest BCUT2D eigenvalue weighted by atomic mass is 10.2. The van der Waals surface area contributed by atoms with E-state index in [0.717, 1.165) is 11.5 Å². The number of rotatable bonds is 0. The Kier molecular flexibility index (Phi) is 1.00. The van der Waals surface area contributed by atoms with E-state index in [1.807, 2.05) is 6.92 Å². The summed E-state index contributed by atoms with van der Waals surface area (Å²) in [6.45, 7) is 1.87. The van der Waals surface area contributed by atoms with Gasteiger partial charge in [-0.3, -0.25) is 4.99 Å². The van der Waals surface area contributed by atoms with E-state index in [1.54, 1.807) is 12.4 Å². The van der Waals surface area contributed by atoms with Crippen molar-refractivity contribution in [2.75, 3.05) is 0 Å². The van der Waals surface area contributed by atoms with Gasteiger partial charge in [-0.2, -0.15) is 10.2 Å². The van der Waals surface area contributed by atoms with Gasteiger partial charge in [-0.15, -0.1) is 0 Å². The molecule has 0 saturated carbocycles. The quantitative estimate of drug-likeness (QED) is 0.457. The van der Waals surface area contributed by atoms with Crippen molar-refractivity contribution in [3.05, 3.63) is 0 Å². The second kappa shape index (κ2) is 1.83. The van der Waals surface area contributed by atoms with Crippen molar-refractivity contribution in [3.63, 3.8) is 0 Å². The predicted molar refractivity (Wildman–Crippen MR) is 41.3 cm³/mol. The second-order valence-electron chi connectivity index (χ2n) is 2.17. The van der Waals surface area contributed by atoms with Crippen molar-refractivity contribution in [2.45, 2.75) is 13.0 Å². The molecule has 2 aliphatic heterocycles. The van der Waals surface area contributed by atoms with Crippen LogP contribution in [0.5, 0.6) is 0 Å². The summed E-state index contributed by atoms with van der Waals surface area (Å²) in [4.78, 5) is 8.32. The van der Waals surface area contributed by atoms with Gasteiger partial charge >= 0.3 is 0 Å². The lowest BCUT2D eigenvalue weighted by Gasteiger charge is -2.00. The lowest BCUT2D eigenvalue weighted by Crippen LogP contribution is -2.20. The largest absolute Gasteiger partial charge is 0.255 e. The molecule has 0 aromatic heterocycles. The standard InChI is InChI=1S/C6H6N4/c1-4-9-5-2-7-8-3-6(5)10-4/h2-3,5H,1H3. The fraction of sp³-hybridized carbons (Fsp3) is 0.333. The van der Waals surface area contributed by atoms with Crippen LogP contribution in [0.25, 0.3) is 0 Å². The molecule has 2 aliphatic rings. The lowest BCUT2D eigenvalue weighted by molar-refractivity contribution is 1.14. The first-order chi connectivity index (χ1) is 4.86. The molecular weight excluding hydrogens is 128 g/mol. The second-order valence-corrected chi connectivity index (χ2v) is 2.17. The molecule has 1 unspecified atom stereocenters. The van der Waals surface area contributed by atoms with Crippen molar-refractivity contribution in [1.29, 1.82) is 0 Å². The molecule has 4 heteroatoms. The Morgan fingerprint density at radius 3 is 3.10 bits per heavy atom. The molecule has 1 atom stereocenters. The molecule has 2 rings (SSSR count). The van der Waals surface area contributed by atoms with Crippen LogP contribution in [0.15, 0.2) is 20.2 Å². The van der Waals surface area contributed by atoms with Crippen LogP contribution in [-0.2, 0) is 0 Å². The minimum absolute atomic E-state index is 0.0394. The Labute approximate surface area is 58.1 Å². The van der Waals surface area contributed by atoms with Crippen LogP contribution >= 0.6 is 0 Å². The summed E-state index contributed by atoms with van der Waals surface area (Å²) in [5.74, 6) is 0.805. The Hall–Kier alpha value is -1.32. The molecule has 0 N–H and O–H groups in total. The molecule has 0 aromatic rings. The van der Waals surface area contributed by atoms with Crippen molar-refractivity contribution in [1.82, 2.24) is 0 Å². The molecule has 4 nitrogen and oxygen atoms in total. The summed E-state index contributed by atoms with van der Waals surface area (Å²) in [5.41, 5.74) is 0.896. The molecular formula is C6H6N4. The smallest absolute Gasteiger partial charge is 0.132 e. The normalized spacial score (nSPS) is 27.9. The fourth-order valence-electron chi connectivity index (χ4n) is 0.958. The number of hydrogen-bond acceptors (Lipinski definition) is 4. The first-order valence-electron chi connectivity index (χ1n) is 3.06. The topological polar surface area (TPSA) is 49.4 Å². The van der Waals surface area contributed by atoms with E-state index in [9.17, 15) is 0 Å². The van der Waals surface area contributed by atoms with Gasteiger partial charge < -0.3 is 0 Å². The van der Waals surface area contributed by atoms with Crippen LogP contribution in [0.2, 0.25) is 0 Å². The van der Waals surface area contributed by atoms with Crippen LogP contribution in [-0.4, -0.2) is 30.0 Å². The van der Waals surface area contributed by atoms with Gasteiger partial charge in [0.15, 0.2) is 0 Å². The minimum atomic E-state index is 0.0394. The zero-order chi connectivity index (χ0) is 6.97. The Balaban J connectivity index is 2.40. The molecule has 10 heavy (non-hydrogen) atoms. The highest BCUT2D eigenvalue weighted by molar-refractivity contribution is 6.41. The highest BCUT2D eigenvalue weighted by Crippen LogP contribution is 2.05. The average Bonchev–Trinajstić information content (AvgIpc) is 2.27. The van der Waals surface area contributed by atoms with Gasteiger partial charge in [-0.1, -0.05) is 0 Å². The van der Waals surface area contributed by atoms with Gasteiger partial charge in [0, 0.05) is 0 Å². The molecule has 50 valence electrons. The van der Waals surface area contributed by atoms with Gasteiger partial charge in [0.1, 0.15) is 11.9 Å². The van der Waals surface area contributed by atoms with E-state index in [2.05, 4.69) is 20.2 Å². The number of hydrogen-bond donors (Lipinski definition) is 0. The first-order valence-corrected chi connectivity index (χ1v) is 3.06. The van der Waals surface area contributed by atoms with Crippen LogP contribution in [0.3, 0.4) is 0 Å². The number of nitrogens with zero attached hydrogens (tertiary/aromatic N) is 4. The maximum Gasteiger partial charge on any atom is 0.132 e. The van der Waals surface area contributed by atoms with E-state index in [-0.39, 0.29) is 6.04 Å². The first kappa shape index (κ1) is 5.46. The van der Waals surface area contributed by atoms with Crippen LogP contribution in [0.1, 0.15) is 6.92 Å². The molecule has 0 fully saturated rings. The number of aliphatic imine (C=N–C) groups is 2. The van der Waals surface area contributed by atoms with Crippen molar-refractivity contribution in [3.8, 4) is 0 Å². The summed E-state index contributed by atoms with van der Waals surface area (Å²) in [6.07, 6.45) is 3.33. The van der Waals surface area contributed by atoms with E-state index in [1.165, 1.54) is 0 Å². The zero-order valence-electron chi connectivity index (χ0n) is 5.52. The molecule has 0 spiro atoms. The molecule has 0 radical (unpaired) electrons. The monoisotopic (exact) mass is 134 g/mol. The van der Waals surface area contributed by atoms with Gasteiger partial charge in [-0.25, -0.2) is 4.99 Å². The van der Waals surface area contributed by atoms with E-state index >= 15 is 0 Å². The Morgan fingerprint density at radius 1 is 1.40 bits per heavy atom. The van der Waals surface area contributed by atoms with Crippen LogP contribution in [0, 0.1) is 0 Å². The van der Waals surface area contributed by atoms with Crippen molar-refractivity contribution in [2.24, 2.45) is 20.2 Å². The third-order valence-electron chi connectivity index (χ3n) is 1.38. The summed E-state index contributed by atoms with van der Waals surface area (Å²) in [6, 6.07) is 0.0394. The Bertz CT molecular complexity index is 271. The maximum absolute atomic E-state index is 4.18. The highest BCUT2D eigenvalue weighted by Gasteiger charge is 2.18. The van der Waals surface area contributed by atoms with Crippen molar-refractivity contribution >= 4 is 24.0 Å². The third kappa shape index (κ3) is 0.689. The minimum Gasteiger partial charge on any atom is -0.255 e. The zero-order valence-corrected chi connectivity index (χ0v) is 5.52. The van der Waals surface area contributed by atoms with Gasteiger partial charge in [0.2, 0.25) is 0 Å². The van der Waals surface area contributed by atoms with Crippen LogP contribution < -0.4 is 0 Å². The summed E-state index contributed by atoms with van der Waals surface area (Å²) in [5, 5.41) is 7.41. The molecule has 0 amide bonds. The molecule has 0 bridgehead atoms. The number of amidine groups is 1. The van der Waals surface area contributed by atoms with Crippen molar-refractivity contribution < 1.29 is 0 Å². The molecule has 0 aromatic carbocycles. The SMILES string of the molecule is CC1=NC2C=NN=CC2=N1. The van der Waals surface area contributed by atoms with E-state index < -0.39 is 0 Å². The average molecular weight is 134 g/mol. The van der Waals surface area contributed by atoms with Crippen LogP contribution in [0.4, 0.5) is 0 Å². The van der Waals surface area contributed by atoms with Gasteiger partial charge in [0.25, 0.3) is 0 Å². The number of fused-ring (bicyclic) bond motifs is 1. The summed E-state index contributed by atoms with van der Waals surface area (Å²) in [7, 11) is 0.